The van der Waals surface area contributed by atoms with E-state index in [1.54, 1.807) is 0 Å². The Morgan fingerprint density at radius 1 is 0.944 bits per heavy atom. The number of hydrogen-bond donors (Lipinski definition) is 0. The van der Waals surface area contributed by atoms with Crippen molar-refractivity contribution in [3.05, 3.63) is 60.2 Å². The summed E-state index contributed by atoms with van der Waals surface area (Å²) in [7, 11) is 1.32. The first-order chi connectivity index (χ1) is 8.37. The molecule has 0 N–H and O–H groups in total. The predicted octanol–water partition coefficient (Wildman–Crippen LogP) is 0.636. The van der Waals surface area contributed by atoms with Crippen LogP contribution in [-0.4, -0.2) is 21.9 Å². The van der Waals surface area contributed by atoms with E-state index in [9.17, 15) is 30.3 Å². The first-order valence-corrected chi connectivity index (χ1v) is 4.45. The maximum absolute atomic E-state index is 10.8. The van der Waals surface area contributed by atoms with E-state index < -0.39 is 26.1 Å². The molecular weight excluding hydrogens is 250 g/mol. The maximum Gasteiger partial charge on any atom is 0.728 e. The van der Waals surface area contributed by atoms with Crippen LogP contribution in [0.15, 0.2) is 24.3 Å². The van der Waals surface area contributed by atoms with Gasteiger partial charge in [-0.25, -0.2) is 0 Å². The van der Waals surface area contributed by atoms with Crippen molar-refractivity contribution in [1.82, 2.24) is 0 Å². The van der Waals surface area contributed by atoms with Crippen molar-refractivity contribution >= 4 is 0 Å². The summed E-state index contributed by atoms with van der Waals surface area (Å²) in [5, 5.41) is 32.3. The molecule has 0 aromatic heterocycles. The summed E-state index contributed by atoms with van der Waals surface area (Å²) in [4.78, 5) is 27.6. The molecule has 10 nitrogen and oxygen atoms in total. The van der Waals surface area contributed by atoms with E-state index in [4.69, 9.17) is 4.74 Å². The van der Waals surface area contributed by atoms with Gasteiger partial charge < -0.3 is 4.74 Å². The Kier molecular flexibility index (Phi) is 3.40. The lowest BCUT2D eigenvalue weighted by Crippen LogP contribution is -2.50. The van der Waals surface area contributed by atoms with Crippen molar-refractivity contribution in [2.45, 2.75) is 5.79 Å². The van der Waals surface area contributed by atoms with Crippen LogP contribution in [0, 0.1) is 30.3 Å². The Hall–Kier alpha value is -2.78. The largest absolute Gasteiger partial charge is 0.728 e. The smallest absolute Gasteiger partial charge is 0.497 e. The summed E-state index contributed by atoms with van der Waals surface area (Å²) in [5.74, 6) is -3.34. The molecule has 96 valence electrons. The number of nitro groups is 3. The molecule has 0 spiro atoms. The average molecular weight is 257 g/mol. The molecule has 0 unspecified atom stereocenters. The molecule has 0 bridgehead atoms. The van der Waals surface area contributed by atoms with Crippen molar-refractivity contribution in [1.29, 1.82) is 0 Å². The summed E-state index contributed by atoms with van der Waals surface area (Å²) in [6, 6.07) is 4.15. The Labute approximate surface area is 99.2 Å². The lowest BCUT2D eigenvalue weighted by atomic mass is 10.1. The van der Waals surface area contributed by atoms with Crippen LogP contribution in [0.3, 0.4) is 0 Å². The molecule has 0 aliphatic carbocycles. The van der Waals surface area contributed by atoms with Crippen LogP contribution in [0.5, 0.6) is 5.75 Å². The summed E-state index contributed by atoms with van der Waals surface area (Å²) < 4.78 is 4.75. The van der Waals surface area contributed by atoms with Crippen LogP contribution in [0.2, 0.25) is 0 Å². The van der Waals surface area contributed by atoms with Gasteiger partial charge in [-0.2, -0.15) is 0 Å². The van der Waals surface area contributed by atoms with Gasteiger partial charge in [0.05, 0.1) is 7.11 Å². The summed E-state index contributed by atoms with van der Waals surface area (Å²) in [5.41, 5.74) is -0.664. The molecule has 10 heteroatoms. The van der Waals surface area contributed by atoms with E-state index in [0.29, 0.717) is 0 Å². The van der Waals surface area contributed by atoms with Crippen molar-refractivity contribution in [2.75, 3.05) is 7.11 Å². The number of hydrogen-bond acceptors (Lipinski definition) is 7. The number of ether oxygens (including phenoxy) is 1. The Morgan fingerprint density at radius 2 is 1.33 bits per heavy atom. The second-order valence-electron chi connectivity index (χ2n) is 3.14. The van der Waals surface area contributed by atoms with E-state index in [0.717, 1.165) is 12.1 Å². The molecule has 1 aromatic rings. The van der Waals surface area contributed by atoms with Crippen molar-refractivity contribution in [3.8, 4) is 5.75 Å². The Morgan fingerprint density at radius 3 is 1.61 bits per heavy atom. The highest BCUT2D eigenvalue weighted by molar-refractivity contribution is 5.28. The van der Waals surface area contributed by atoms with Crippen LogP contribution in [0.1, 0.15) is 5.56 Å². The van der Waals surface area contributed by atoms with Crippen molar-refractivity contribution in [2.24, 2.45) is 0 Å². The molecule has 0 fully saturated rings. The average Bonchev–Trinajstić information content (AvgIpc) is 2.29. The fraction of sp³-hybridized carbons (Fsp3) is 0.250. The third-order valence-corrected chi connectivity index (χ3v) is 2.24. The first-order valence-electron chi connectivity index (χ1n) is 4.45. The van der Waals surface area contributed by atoms with Gasteiger partial charge in [0, 0.05) is 0 Å². The zero-order valence-corrected chi connectivity index (χ0v) is 9.01. The van der Waals surface area contributed by atoms with Gasteiger partial charge in [-0.05, 0) is 24.3 Å². The topological polar surface area (TPSA) is 139 Å². The lowest BCUT2D eigenvalue weighted by Gasteiger charge is -2.09. The van der Waals surface area contributed by atoms with Crippen LogP contribution in [-0.2, 0) is 5.79 Å². The molecule has 0 saturated carbocycles. The number of methoxy groups -OCH3 is 1. The molecule has 1 aromatic carbocycles. The summed E-state index contributed by atoms with van der Waals surface area (Å²) in [6.07, 6.45) is 0. The zero-order valence-electron chi connectivity index (χ0n) is 9.01. The van der Waals surface area contributed by atoms with Crippen LogP contribution in [0.25, 0.3) is 0 Å². The van der Waals surface area contributed by atoms with Gasteiger partial charge in [-0.1, -0.05) is 0 Å². The quantitative estimate of drug-likeness (QED) is 0.428. The van der Waals surface area contributed by atoms with Crippen LogP contribution >= 0.6 is 0 Å². The molecule has 1 rings (SSSR count). The standard InChI is InChI=1S/C8H7N3O7/c1-18-7-4-2-6(3-5-7)8(9(12)13,10(14)15)11(16)17/h2-5H,1H3. The fourth-order valence-electron chi connectivity index (χ4n) is 1.33. The molecule has 0 atom stereocenters. The number of rotatable bonds is 5. The third-order valence-electron chi connectivity index (χ3n) is 2.24. The van der Waals surface area contributed by atoms with E-state index in [1.165, 1.54) is 19.2 Å². The Bertz CT molecular complexity index is 462. The monoisotopic (exact) mass is 257 g/mol. The van der Waals surface area contributed by atoms with Gasteiger partial charge in [0.15, 0.2) is 20.3 Å². The molecule has 0 aliphatic rings. The lowest BCUT2D eigenvalue weighted by molar-refractivity contribution is -0.986. The summed E-state index contributed by atoms with van der Waals surface area (Å²) >= 11 is 0. The number of nitrogens with zero attached hydrogens (tertiary/aromatic N) is 3. The Balaban J connectivity index is 3.47. The normalized spacial score (nSPS) is 10.7. The highest BCUT2D eigenvalue weighted by Gasteiger charge is 2.72. The minimum absolute atomic E-state index is 0.266. The first kappa shape index (κ1) is 13.3. The SMILES string of the molecule is COc1ccc(C([N+](=O)[O-])([N+](=O)[O-])[N+](=O)[O-])cc1. The van der Waals surface area contributed by atoms with Crippen molar-refractivity contribution in [3.63, 3.8) is 0 Å². The second-order valence-corrected chi connectivity index (χ2v) is 3.14. The fourth-order valence-corrected chi connectivity index (χ4v) is 1.33. The third kappa shape index (κ3) is 1.79. The highest BCUT2D eigenvalue weighted by Crippen LogP contribution is 2.28. The van der Waals surface area contributed by atoms with Gasteiger partial charge in [0.2, 0.25) is 0 Å². The number of benzene rings is 1. The molecule has 18 heavy (non-hydrogen) atoms. The molecule has 0 amide bonds. The van der Waals surface area contributed by atoms with Gasteiger partial charge in [-0.15, -0.1) is 0 Å². The summed E-state index contributed by atoms with van der Waals surface area (Å²) in [6.45, 7) is 0. The molecule has 0 radical (unpaired) electrons. The molecular formula is C8H7N3O7. The van der Waals surface area contributed by atoms with Gasteiger partial charge >= 0.3 is 5.79 Å². The zero-order chi connectivity index (χ0) is 13.9. The highest BCUT2D eigenvalue weighted by atomic mass is 16.7. The van der Waals surface area contributed by atoms with Gasteiger partial charge in [0.1, 0.15) is 5.75 Å². The van der Waals surface area contributed by atoms with E-state index >= 15 is 0 Å². The van der Waals surface area contributed by atoms with Crippen molar-refractivity contribution < 1.29 is 19.5 Å². The van der Waals surface area contributed by atoms with E-state index in [2.05, 4.69) is 0 Å². The predicted molar refractivity (Wildman–Crippen MR) is 55.7 cm³/mol. The minimum atomic E-state index is -3.60. The molecule has 0 saturated heterocycles. The maximum atomic E-state index is 10.8. The van der Waals surface area contributed by atoms with Crippen LogP contribution in [0.4, 0.5) is 0 Å². The second kappa shape index (κ2) is 4.61. The van der Waals surface area contributed by atoms with Crippen LogP contribution < -0.4 is 4.74 Å². The molecule has 0 aliphatic heterocycles. The molecule has 0 heterocycles. The minimum Gasteiger partial charge on any atom is -0.497 e. The van der Waals surface area contributed by atoms with Gasteiger partial charge in [-0.3, -0.25) is 30.3 Å². The van der Waals surface area contributed by atoms with E-state index in [1.807, 2.05) is 0 Å². The van der Waals surface area contributed by atoms with E-state index in [-0.39, 0.29) is 5.75 Å². The van der Waals surface area contributed by atoms with Gasteiger partial charge in [0.25, 0.3) is 0 Å².